The van der Waals surface area contributed by atoms with Crippen molar-refractivity contribution in [1.29, 1.82) is 5.26 Å². The molecule has 0 aromatic heterocycles. The number of hydrogen-bond acceptors (Lipinski definition) is 4. The highest BCUT2D eigenvalue weighted by molar-refractivity contribution is 5.15. The molecular weight excluding hydrogens is 180 g/mol. The highest BCUT2D eigenvalue weighted by Crippen LogP contribution is 2.39. The molecule has 1 atom stereocenters. The van der Waals surface area contributed by atoms with Crippen LogP contribution in [0.3, 0.4) is 0 Å². The van der Waals surface area contributed by atoms with Gasteiger partial charge in [-0.2, -0.15) is 5.26 Å². The van der Waals surface area contributed by atoms with E-state index in [4.69, 9.17) is 9.47 Å². The van der Waals surface area contributed by atoms with Crippen LogP contribution in [-0.4, -0.2) is 39.5 Å². The Bertz CT molecular complexity index is 211. The summed E-state index contributed by atoms with van der Waals surface area (Å²) in [6, 6.07) is 2.35. The van der Waals surface area contributed by atoms with Crippen molar-refractivity contribution in [1.82, 2.24) is 5.32 Å². The largest absolute Gasteiger partial charge is 0.383 e. The minimum atomic E-state index is -0.493. The summed E-state index contributed by atoms with van der Waals surface area (Å²) < 4.78 is 10.1. The van der Waals surface area contributed by atoms with Gasteiger partial charge in [-0.05, 0) is 18.8 Å². The molecule has 4 nitrogen and oxygen atoms in total. The molecule has 1 N–H and O–H groups in total. The van der Waals surface area contributed by atoms with E-state index in [-0.39, 0.29) is 0 Å². The lowest BCUT2D eigenvalue weighted by atomic mass is 9.96. The summed E-state index contributed by atoms with van der Waals surface area (Å²) in [6.45, 7) is 1.78. The lowest BCUT2D eigenvalue weighted by Gasteiger charge is -2.26. The average molecular weight is 198 g/mol. The molecule has 0 aromatic carbocycles. The van der Waals surface area contributed by atoms with Crippen molar-refractivity contribution in [3.05, 3.63) is 0 Å². The van der Waals surface area contributed by atoms with Gasteiger partial charge in [0.05, 0.1) is 19.3 Å². The SMILES string of the molecule is COCCNC(C#N)(COC)C1CC1. The van der Waals surface area contributed by atoms with Crippen molar-refractivity contribution in [3.63, 3.8) is 0 Å². The average Bonchev–Trinajstić information content (AvgIpc) is 3.00. The summed E-state index contributed by atoms with van der Waals surface area (Å²) in [5.41, 5.74) is -0.493. The van der Waals surface area contributed by atoms with Crippen molar-refractivity contribution in [2.45, 2.75) is 18.4 Å². The minimum Gasteiger partial charge on any atom is -0.383 e. The van der Waals surface area contributed by atoms with Crippen LogP contribution in [0.4, 0.5) is 0 Å². The molecule has 0 bridgehead atoms. The first-order valence-electron chi connectivity index (χ1n) is 4.93. The zero-order valence-corrected chi connectivity index (χ0v) is 8.88. The molecule has 1 unspecified atom stereocenters. The van der Waals surface area contributed by atoms with Crippen molar-refractivity contribution in [2.75, 3.05) is 34.0 Å². The summed E-state index contributed by atoms with van der Waals surface area (Å²) in [7, 11) is 3.29. The van der Waals surface area contributed by atoms with Crippen LogP contribution < -0.4 is 5.32 Å². The van der Waals surface area contributed by atoms with Crippen LogP contribution in [0, 0.1) is 17.2 Å². The molecule has 1 aliphatic rings. The molecule has 1 saturated carbocycles. The fourth-order valence-corrected chi connectivity index (χ4v) is 1.66. The lowest BCUT2D eigenvalue weighted by Crippen LogP contribution is -2.51. The third-order valence-electron chi connectivity index (χ3n) is 2.59. The van der Waals surface area contributed by atoms with Gasteiger partial charge in [-0.3, -0.25) is 5.32 Å². The fraction of sp³-hybridized carbons (Fsp3) is 0.900. The predicted molar refractivity (Wildman–Crippen MR) is 52.8 cm³/mol. The summed E-state index contributed by atoms with van der Waals surface area (Å²) in [5.74, 6) is 0.448. The van der Waals surface area contributed by atoms with Crippen molar-refractivity contribution >= 4 is 0 Å². The van der Waals surface area contributed by atoms with Crippen LogP contribution in [0.25, 0.3) is 0 Å². The molecular formula is C10H18N2O2. The summed E-state index contributed by atoms with van der Waals surface area (Å²) in [5, 5.41) is 12.4. The monoisotopic (exact) mass is 198 g/mol. The third-order valence-corrected chi connectivity index (χ3v) is 2.59. The maximum absolute atomic E-state index is 9.18. The predicted octanol–water partition coefficient (Wildman–Crippen LogP) is 0.541. The van der Waals surface area contributed by atoms with E-state index in [0.29, 0.717) is 25.7 Å². The van der Waals surface area contributed by atoms with Gasteiger partial charge in [0.15, 0.2) is 0 Å². The second kappa shape index (κ2) is 5.30. The quantitative estimate of drug-likeness (QED) is 0.607. The second-order valence-electron chi connectivity index (χ2n) is 3.71. The van der Waals surface area contributed by atoms with Gasteiger partial charge in [-0.1, -0.05) is 0 Å². The minimum absolute atomic E-state index is 0.448. The standard InChI is InChI=1S/C10H18N2O2/c1-13-6-5-12-10(7-11,8-14-2)9-3-4-9/h9,12H,3-6,8H2,1-2H3. The molecule has 0 saturated heterocycles. The first-order chi connectivity index (χ1) is 6.79. The molecule has 80 valence electrons. The number of rotatable bonds is 7. The van der Waals surface area contributed by atoms with Gasteiger partial charge >= 0.3 is 0 Å². The van der Waals surface area contributed by atoms with Crippen LogP contribution in [0.2, 0.25) is 0 Å². The van der Waals surface area contributed by atoms with E-state index in [1.807, 2.05) is 0 Å². The molecule has 0 aromatic rings. The Kier molecular flexibility index (Phi) is 4.33. The maximum atomic E-state index is 9.18. The van der Waals surface area contributed by atoms with Gasteiger partial charge in [0.2, 0.25) is 0 Å². The Morgan fingerprint density at radius 1 is 1.43 bits per heavy atom. The van der Waals surface area contributed by atoms with E-state index < -0.39 is 5.54 Å². The van der Waals surface area contributed by atoms with Gasteiger partial charge in [-0.15, -0.1) is 0 Å². The number of hydrogen-bond donors (Lipinski definition) is 1. The molecule has 0 spiro atoms. The van der Waals surface area contributed by atoms with Crippen LogP contribution in [0.15, 0.2) is 0 Å². The molecule has 1 rings (SSSR count). The smallest absolute Gasteiger partial charge is 0.133 e. The Balaban J connectivity index is 2.46. The van der Waals surface area contributed by atoms with Crippen molar-refractivity contribution in [3.8, 4) is 6.07 Å². The molecule has 0 heterocycles. The normalized spacial score (nSPS) is 20.1. The van der Waals surface area contributed by atoms with Crippen LogP contribution >= 0.6 is 0 Å². The Hall–Kier alpha value is -0.630. The van der Waals surface area contributed by atoms with E-state index in [1.165, 1.54) is 0 Å². The van der Waals surface area contributed by atoms with E-state index in [9.17, 15) is 5.26 Å². The Morgan fingerprint density at radius 2 is 2.14 bits per heavy atom. The van der Waals surface area contributed by atoms with E-state index in [1.54, 1.807) is 14.2 Å². The highest BCUT2D eigenvalue weighted by atomic mass is 16.5. The van der Waals surface area contributed by atoms with Gasteiger partial charge in [-0.25, -0.2) is 0 Å². The third kappa shape index (κ3) is 2.68. The highest BCUT2D eigenvalue weighted by Gasteiger charge is 2.45. The van der Waals surface area contributed by atoms with Crippen molar-refractivity contribution in [2.24, 2.45) is 5.92 Å². The van der Waals surface area contributed by atoms with Gasteiger partial charge in [0.25, 0.3) is 0 Å². The Labute approximate surface area is 85.2 Å². The van der Waals surface area contributed by atoms with E-state index in [2.05, 4.69) is 11.4 Å². The van der Waals surface area contributed by atoms with Crippen LogP contribution in [0.5, 0.6) is 0 Å². The molecule has 4 heteroatoms. The van der Waals surface area contributed by atoms with E-state index in [0.717, 1.165) is 12.8 Å². The Morgan fingerprint density at radius 3 is 2.57 bits per heavy atom. The van der Waals surface area contributed by atoms with E-state index >= 15 is 0 Å². The molecule has 0 aliphatic heterocycles. The van der Waals surface area contributed by atoms with Gasteiger partial charge in [0.1, 0.15) is 5.54 Å². The molecule has 1 fully saturated rings. The number of nitrogens with zero attached hydrogens (tertiary/aromatic N) is 1. The molecule has 0 amide bonds. The first kappa shape index (κ1) is 11.4. The number of nitriles is 1. The zero-order chi connectivity index (χ0) is 10.4. The summed E-state index contributed by atoms with van der Waals surface area (Å²) in [4.78, 5) is 0. The van der Waals surface area contributed by atoms with Crippen molar-refractivity contribution < 1.29 is 9.47 Å². The first-order valence-corrected chi connectivity index (χ1v) is 4.93. The van der Waals surface area contributed by atoms with Gasteiger partial charge in [0, 0.05) is 20.8 Å². The molecule has 0 radical (unpaired) electrons. The van der Waals surface area contributed by atoms with Crippen LogP contribution in [-0.2, 0) is 9.47 Å². The number of ether oxygens (including phenoxy) is 2. The number of nitrogens with one attached hydrogen (secondary N) is 1. The summed E-state index contributed by atoms with van der Waals surface area (Å²) >= 11 is 0. The van der Waals surface area contributed by atoms with Crippen LogP contribution in [0.1, 0.15) is 12.8 Å². The second-order valence-corrected chi connectivity index (χ2v) is 3.71. The topological polar surface area (TPSA) is 54.3 Å². The fourth-order valence-electron chi connectivity index (χ4n) is 1.66. The molecule has 14 heavy (non-hydrogen) atoms. The maximum Gasteiger partial charge on any atom is 0.133 e. The van der Waals surface area contributed by atoms with Gasteiger partial charge < -0.3 is 9.47 Å². The zero-order valence-electron chi connectivity index (χ0n) is 8.88. The number of methoxy groups -OCH3 is 2. The molecule has 1 aliphatic carbocycles. The summed E-state index contributed by atoms with van der Waals surface area (Å²) in [6.07, 6.45) is 2.24. The lowest BCUT2D eigenvalue weighted by molar-refractivity contribution is 0.116.